The number of likely N-dealkylation sites (tertiary alicyclic amines) is 1. The predicted octanol–water partition coefficient (Wildman–Crippen LogP) is 3.33. The van der Waals surface area contributed by atoms with E-state index >= 15 is 0 Å². The second kappa shape index (κ2) is 9.08. The van der Waals surface area contributed by atoms with E-state index < -0.39 is 0 Å². The molecule has 0 aliphatic carbocycles. The van der Waals surface area contributed by atoms with Gasteiger partial charge in [0.25, 0.3) is 5.91 Å². The molecule has 2 aromatic rings. The number of benzene rings is 1. The smallest absolute Gasteiger partial charge is 0.263 e. The quantitative estimate of drug-likeness (QED) is 0.853. The number of hydrogen-bond donors (Lipinski definition) is 1. The fraction of sp³-hybridized carbons (Fsp3) is 0.450. The van der Waals surface area contributed by atoms with E-state index in [0.717, 1.165) is 30.5 Å². The van der Waals surface area contributed by atoms with E-state index in [1.54, 1.807) is 17.6 Å². The van der Waals surface area contributed by atoms with Gasteiger partial charge in [0.2, 0.25) is 5.91 Å². The number of carbonyl (C=O) groups excluding carboxylic acids is 2. The van der Waals surface area contributed by atoms with Crippen molar-refractivity contribution in [2.75, 3.05) is 13.1 Å². The summed E-state index contributed by atoms with van der Waals surface area (Å²) in [6.45, 7) is 3.20. The summed E-state index contributed by atoms with van der Waals surface area (Å²) in [7, 11) is 0. The van der Waals surface area contributed by atoms with Crippen molar-refractivity contribution in [2.24, 2.45) is 0 Å². The average molecular weight is 389 g/mol. The van der Waals surface area contributed by atoms with Crippen LogP contribution in [0.3, 0.4) is 0 Å². The van der Waals surface area contributed by atoms with Crippen LogP contribution in [0.15, 0.2) is 29.8 Å². The molecule has 0 spiro atoms. The van der Waals surface area contributed by atoms with E-state index in [1.807, 2.05) is 11.8 Å². The minimum atomic E-state index is -0.265. The summed E-state index contributed by atoms with van der Waals surface area (Å²) in [5, 5.41) is 3.08. The van der Waals surface area contributed by atoms with Crippen molar-refractivity contribution in [3.05, 3.63) is 51.7 Å². The maximum atomic E-state index is 13.0. The topological polar surface area (TPSA) is 62.3 Å². The van der Waals surface area contributed by atoms with E-state index in [-0.39, 0.29) is 23.7 Å². The molecule has 1 aliphatic rings. The Bertz CT molecular complexity index is 791. The first kappa shape index (κ1) is 19.5. The van der Waals surface area contributed by atoms with Crippen LogP contribution in [0.4, 0.5) is 4.39 Å². The lowest BCUT2D eigenvalue weighted by Gasteiger charge is -2.21. The number of aromatic nitrogens is 1. The Hall–Kier alpha value is -2.28. The van der Waals surface area contributed by atoms with E-state index in [9.17, 15) is 14.0 Å². The number of halogens is 1. The van der Waals surface area contributed by atoms with Gasteiger partial charge in [0.15, 0.2) is 0 Å². The van der Waals surface area contributed by atoms with Crippen LogP contribution >= 0.6 is 11.3 Å². The monoisotopic (exact) mass is 389 g/mol. The molecule has 3 rings (SSSR count). The fourth-order valence-electron chi connectivity index (χ4n) is 3.32. The zero-order chi connectivity index (χ0) is 19.2. The number of rotatable bonds is 5. The normalized spacial score (nSPS) is 17.4. The highest BCUT2D eigenvalue weighted by molar-refractivity contribution is 7.11. The molecule has 1 N–H and O–H groups in total. The van der Waals surface area contributed by atoms with Crippen molar-refractivity contribution in [1.82, 2.24) is 15.2 Å². The molecule has 5 nitrogen and oxygen atoms in total. The summed E-state index contributed by atoms with van der Waals surface area (Å²) in [4.78, 5) is 31.5. The third kappa shape index (κ3) is 5.35. The summed E-state index contributed by atoms with van der Waals surface area (Å²) in [6, 6.07) is 6.36. The van der Waals surface area contributed by atoms with Gasteiger partial charge in [-0.3, -0.25) is 9.59 Å². The molecule has 1 aliphatic heterocycles. The Kier molecular flexibility index (Phi) is 6.55. The van der Waals surface area contributed by atoms with Crippen LogP contribution in [0.25, 0.3) is 0 Å². The minimum absolute atomic E-state index is 0.0731. The number of thiazole rings is 1. The lowest BCUT2D eigenvalue weighted by atomic mass is 10.1. The highest BCUT2D eigenvalue weighted by atomic mass is 32.1. The van der Waals surface area contributed by atoms with Crippen LogP contribution in [-0.2, 0) is 11.2 Å². The second-order valence-corrected chi connectivity index (χ2v) is 7.73. The maximum absolute atomic E-state index is 13.0. The zero-order valence-corrected chi connectivity index (χ0v) is 16.2. The van der Waals surface area contributed by atoms with Crippen molar-refractivity contribution in [3.63, 3.8) is 0 Å². The molecule has 27 heavy (non-hydrogen) atoms. The molecule has 2 amide bonds. The summed E-state index contributed by atoms with van der Waals surface area (Å²) in [5.41, 5.74) is 3.40. The van der Waals surface area contributed by atoms with Gasteiger partial charge in [-0.05, 0) is 50.3 Å². The summed E-state index contributed by atoms with van der Waals surface area (Å²) in [6.07, 6.45) is 3.52. The van der Waals surface area contributed by atoms with Crippen molar-refractivity contribution in [1.29, 1.82) is 0 Å². The Morgan fingerprint density at radius 1 is 1.26 bits per heavy atom. The number of hydrogen-bond acceptors (Lipinski definition) is 4. The van der Waals surface area contributed by atoms with Crippen LogP contribution in [0.2, 0.25) is 0 Å². The molecule has 144 valence electrons. The molecular formula is C20H24FN3O2S. The molecule has 0 saturated carbocycles. The molecule has 1 saturated heterocycles. The van der Waals surface area contributed by atoms with E-state index in [0.29, 0.717) is 30.8 Å². The van der Waals surface area contributed by atoms with Gasteiger partial charge in [-0.1, -0.05) is 12.1 Å². The average Bonchev–Trinajstić information content (AvgIpc) is 2.95. The summed E-state index contributed by atoms with van der Waals surface area (Å²) in [5.74, 6) is -0.222. The molecule has 0 radical (unpaired) electrons. The second-order valence-electron chi connectivity index (χ2n) is 6.88. The number of carbonyl (C=O) groups is 2. The van der Waals surface area contributed by atoms with Crippen molar-refractivity contribution in [3.8, 4) is 0 Å². The summed E-state index contributed by atoms with van der Waals surface area (Å²) < 4.78 is 13.0. The Morgan fingerprint density at radius 2 is 2.04 bits per heavy atom. The van der Waals surface area contributed by atoms with Crippen LogP contribution in [0, 0.1) is 12.7 Å². The van der Waals surface area contributed by atoms with Crippen LogP contribution < -0.4 is 5.32 Å². The van der Waals surface area contributed by atoms with Gasteiger partial charge in [-0.15, -0.1) is 11.3 Å². The molecule has 2 heterocycles. The number of nitrogens with one attached hydrogen (secondary N) is 1. The van der Waals surface area contributed by atoms with Gasteiger partial charge in [0, 0.05) is 25.6 Å². The van der Waals surface area contributed by atoms with Crippen molar-refractivity contribution in [2.45, 2.75) is 45.1 Å². The van der Waals surface area contributed by atoms with Gasteiger partial charge in [-0.2, -0.15) is 0 Å². The number of nitrogens with zero attached hydrogens (tertiary/aromatic N) is 2. The van der Waals surface area contributed by atoms with Gasteiger partial charge in [0.05, 0.1) is 11.2 Å². The fourth-order valence-corrected chi connectivity index (χ4v) is 4.03. The molecule has 0 bridgehead atoms. The van der Waals surface area contributed by atoms with Crippen LogP contribution in [0.1, 0.15) is 46.6 Å². The first-order valence-corrected chi connectivity index (χ1v) is 10.1. The Labute approximate surface area is 162 Å². The first-order chi connectivity index (χ1) is 13.0. The SMILES string of the molecule is Cc1ncsc1C(=O)NC1CCCN(C(=O)CCc2ccc(F)cc2)CC1. The van der Waals surface area contributed by atoms with Gasteiger partial charge < -0.3 is 10.2 Å². The zero-order valence-electron chi connectivity index (χ0n) is 15.4. The van der Waals surface area contributed by atoms with Gasteiger partial charge >= 0.3 is 0 Å². The Balaban J connectivity index is 1.47. The molecule has 1 atom stereocenters. The molecular weight excluding hydrogens is 365 g/mol. The third-order valence-corrected chi connectivity index (χ3v) is 5.84. The first-order valence-electron chi connectivity index (χ1n) is 9.26. The van der Waals surface area contributed by atoms with Gasteiger partial charge in [-0.25, -0.2) is 9.37 Å². The number of aryl methyl sites for hydroxylation is 2. The molecule has 1 fully saturated rings. The lowest BCUT2D eigenvalue weighted by Crippen LogP contribution is -2.36. The van der Waals surface area contributed by atoms with E-state index in [1.165, 1.54) is 23.5 Å². The molecule has 1 unspecified atom stereocenters. The van der Waals surface area contributed by atoms with Crippen molar-refractivity contribution >= 4 is 23.2 Å². The standard InChI is InChI=1S/C20H24FN3O2S/c1-14-19(27-13-22-14)20(26)23-17-3-2-11-24(12-10-17)18(25)9-6-15-4-7-16(21)8-5-15/h4-5,7-8,13,17H,2-3,6,9-12H2,1H3,(H,23,26). The maximum Gasteiger partial charge on any atom is 0.263 e. The minimum Gasteiger partial charge on any atom is -0.348 e. The highest BCUT2D eigenvalue weighted by Crippen LogP contribution is 2.16. The van der Waals surface area contributed by atoms with E-state index in [2.05, 4.69) is 10.3 Å². The Morgan fingerprint density at radius 3 is 2.74 bits per heavy atom. The van der Waals surface area contributed by atoms with Gasteiger partial charge in [0.1, 0.15) is 10.7 Å². The van der Waals surface area contributed by atoms with Crippen LogP contribution in [-0.4, -0.2) is 40.8 Å². The van der Waals surface area contributed by atoms with Crippen LogP contribution in [0.5, 0.6) is 0 Å². The largest absolute Gasteiger partial charge is 0.348 e. The molecule has 7 heteroatoms. The number of amides is 2. The highest BCUT2D eigenvalue weighted by Gasteiger charge is 2.23. The summed E-state index contributed by atoms with van der Waals surface area (Å²) >= 11 is 1.35. The molecule has 1 aromatic carbocycles. The predicted molar refractivity (Wildman–Crippen MR) is 103 cm³/mol. The third-order valence-electron chi connectivity index (χ3n) is 4.91. The van der Waals surface area contributed by atoms with Crippen molar-refractivity contribution < 1.29 is 14.0 Å². The molecule has 1 aromatic heterocycles. The lowest BCUT2D eigenvalue weighted by molar-refractivity contribution is -0.131. The van der Waals surface area contributed by atoms with E-state index in [4.69, 9.17) is 0 Å².